The summed E-state index contributed by atoms with van der Waals surface area (Å²) in [7, 11) is 1.63. The molecule has 1 fully saturated rings. The first kappa shape index (κ1) is 12.4. The van der Waals surface area contributed by atoms with Crippen molar-refractivity contribution in [1.29, 1.82) is 0 Å². The second kappa shape index (κ2) is 4.78. The molecule has 1 saturated carbocycles. The Morgan fingerprint density at radius 3 is 2.84 bits per heavy atom. The number of rotatable bonds is 4. The van der Waals surface area contributed by atoms with Crippen LogP contribution in [0.1, 0.15) is 35.6 Å². The Balaban J connectivity index is 2.14. The molecule has 0 saturated heterocycles. The molecule has 19 heavy (non-hydrogen) atoms. The predicted octanol–water partition coefficient (Wildman–Crippen LogP) is 3.81. The Kier molecular flexibility index (Phi) is 3.11. The van der Waals surface area contributed by atoms with Crippen LogP contribution in [0, 0.1) is 12.7 Å². The van der Waals surface area contributed by atoms with Gasteiger partial charge >= 0.3 is 0 Å². The molecule has 3 nitrogen and oxygen atoms in total. The van der Waals surface area contributed by atoms with Gasteiger partial charge in [0.05, 0.1) is 6.61 Å². The van der Waals surface area contributed by atoms with Gasteiger partial charge in [-0.05, 0) is 31.4 Å². The SMILES string of the molecule is COCc1c(-c2c(C)cccc2F)noc1C1CC1. The van der Waals surface area contributed by atoms with Crippen LogP contribution in [0.4, 0.5) is 4.39 Å². The lowest BCUT2D eigenvalue weighted by Gasteiger charge is -2.06. The minimum Gasteiger partial charge on any atom is -0.380 e. The highest BCUT2D eigenvalue weighted by molar-refractivity contribution is 5.68. The molecular weight excluding hydrogens is 245 g/mol. The maximum Gasteiger partial charge on any atom is 0.145 e. The van der Waals surface area contributed by atoms with Crippen LogP contribution in [0.5, 0.6) is 0 Å². The zero-order chi connectivity index (χ0) is 13.4. The molecule has 100 valence electrons. The number of halogens is 1. The zero-order valence-electron chi connectivity index (χ0n) is 11.1. The average molecular weight is 261 g/mol. The van der Waals surface area contributed by atoms with Gasteiger partial charge in [0.1, 0.15) is 17.3 Å². The van der Waals surface area contributed by atoms with Crippen molar-refractivity contribution in [2.75, 3.05) is 7.11 Å². The lowest BCUT2D eigenvalue weighted by atomic mass is 10.00. The van der Waals surface area contributed by atoms with Crippen molar-refractivity contribution in [3.05, 3.63) is 40.9 Å². The second-order valence-corrected chi connectivity index (χ2v) is 5.01. The number of benzene rings is 1. The van der Waals surface area contributed by atoms with E-state index in [2.05, 4.69) is 5.16 Å². The Bertz CT molecular complexity index is 582. The third-order valence-corrected chi connectivity index (χ3v) is 3.51. The number of hydrogen-bond donors (Lipinski definition) is 0. The first-order valence-electron chi connectivity index (χ1n) is 6.45. The van der Waals surface area contributed by atoms with Gasteiger partial charge in [0, 0.05) is 24.2 Å². The van der Waals surface area contributed by atoms with Crippen LogP contribution in [0.2, 0.25) is 0 Å². The molecule has 0 bridgehead atoms. The van der Waals surface area contributed by atoms with E-state index in [0.29, 0.717) is 23.8 Å². The first-order chi connectivity index (χ1) is 9.22. The molecule has 1 aliphatic carbocycles. The molecule has 3 rings (SSSR count). The summed E-state index contributed by atoms with van der Waals surface area (Å²) in [6.45, 7) is 2.28. The third kappa shape index (κ3) is 2.16. The van der Waals surface area contributed by atoms with Gasteiger partial charge in [-0.2, -0.15) is 0 Å². The number of aromatic nitrogens is 1. The van der Waals surface area contributed by atoms with Gasteiger partial charge in [-0.15, -0.1) is 0 Å². The monoisotopic (exact) mass is 261 g/mol. The van der Waals surface area contributed by atoms with E-state index in [0.717, 1.165) is 29.7 Å². The maximum atomic E-state index is 14.1. The van der Waals surface area contributed by atoms with E-state index in [1.807, 2.05) is 13.0 Å². The van der Waals surface area contributed by atoms with Gasteiger partial charge < -0.3 is 9.26 Å². The normalized spacial score (nSPS) is 14.9. The number of hydrogen-bond acceptors (Lipinski definition) is 3. The van der Waals surface area contributed by atoms with Crippen LogP contribution in [-0.2, 0) is 11.3 Å². The minimum atomic E-state index is -0.270. The molecule has 1 aromatic carbocycles. The van der Waals surface area contributed by atoms with Crippen LogP contribution in [0.15, 0.2) is 22.7 Å². The van der Waals surface area contributed by atoms with Gasteiger partial charge in [-0.1, -0.05) is 17.3 Å². The smallest absolute Gasteiger partial charge is 0.145 e. The summed E-state index contributed by atoms with van der Waals surface area (Å²) in [5, 5.41) is 4.09. The van der Waals surface area contributed by atoms with E-state index < -0.39 is 0 Å². The van der Waals surface area contributed by atoms with Crippen LogP contribution in [0.3, 0.4) is 0 Å². The Morgan fingerprint density at radius 1 is 1.42 bits per heavy atom. The van der Waals surface area contributed by atoms with E-state index in [-0.39, 0.29) is 5.82 Å². The minimum absolute atomic E-state index is 0.270. The number of ether oxygens (including phenoxy) is 1. The number of aryl methyl sites for hydroxylation is 1. The van der Waals surface area contributed by atoms with Gasteiger partial charge in [0.2, 0.25) is 0 Å². The third-order valence-electron chi connectivity index (χ3n) is 3.51. The van der Waals surface area contributed by atoms with Gasteiger partial charge in [-0.25, -0.2) is 4.39 Å². The van der Waals surface area contributed by atoms with E-state index >= 15 is 0 Å². The van der Waals surface area contributed by atoms with Crippen molar-refractivity contribution in [3.63, 3.8) is 0 Å². The highest BCUT2D eigenvalue weighted by Gasteiger charge is 2.33. The quantitative estimate of drug-likeness (QED) is 0.839. The largest absolute Gasteiger partial charge is 0.380 e. The molecule has 1 heterocycles. The molecule has 4 heteroatoms. The van der Waals surface area contributed by atoms with Gasteiger partial charge in [0.15, 0.2) is 0 Å². The molecule has 0 aliphatic heterocycles. The van der Waals surface area contributed by atoms with E-state index in [1.165, 1.54) is 6.07 Å². The molecule has 1 aromatic heterocycles. The van der Waals surface area contributed by atoms with Crippen molar-refractivity contribution in [1.82, 2.24) is 5.16 Å². The summed E-state index contributed by atoms with van der Waals surface area (Å²) < 4.78 is 24.7. The summed E-state index contributed by atoms with van der Waals surface area (Å²) in [6, 6.07) is 5.02. The summed E-state index contributed by atoms with van der Waals surface area (Å²) in [4.78, 5) is 0. The fourth-order valence-corrected chi connectivity index (χ4v) is 2.40. The summed E-state index contributed by atoms with van der Waals surface area (Å²) in [5.41, 5.74) is 2.84. The fraction of sp³-hybridized carbons (Fsp3) is 0.400. The molecule has 1 aliphatic rings. The summed E-state index contributed by atoms with van der Waals surface area (Å²) in [5.74, 6) is 1.02. The Hall–Kier alpha value is -1.68. The Labute approximate surface area is 111 Å². The lowest BCUT2D eigenvalue weighted by Crippen LogP contribution is -1.96. The molecule has 0 atom stereocenters. The molecule has 0 amide bonds. The first-order valence-corrected chi connectivity index (χ1v) is 6.45. The van der Waals surface area contributed by atoms with E-state index in [4.69, 9.17) is 9.26 Å². The van der Waals surface area contributed by atoms with Gasteiger partial charge in [-0.3, -0.25) is 0 Å². The lowest BCUT2D eigenvalue weighted by molar-refractivity contribution is 0.183. The second-order valence-electron chi connectivity index (χ2n) is 5.01. The van der Waals surface area contributed by atoms with Gasteiger partial charge in [0.25, 0.3) is 0 Å². The topological polar surface area (TPSA) is 35.3 Å². The van der Waals surface area contributed by atoms with Crippen molar-refractivity contribution >= 4 is 0 Å². The van der Waals surface area contributed by atoms with Crippen LogP contribution < -0.4 is 0 Å². The molecular formula is C15H16FNO2. The molecule has 0 unspecified atom stereocenters. The zero-order valence-corrected chi connectivity index (χ0v) is 11.1. The highest BCUT2D eigenvalue weighted by atomic mass is 19.1. The standard InChI is InChI=1S/C15H16FNO2/c1-9-4-3-5-12(16)13(9)14-11(8-18-2)15(19-17-14)10-6-7-10/h3-5,10H,6-8H2,1-2H3. The van der Waals surface area contributed by atoms with Crippen LogP contribution in [0.25, 0.3) is 11.3 Å². The molecule has 2 aromatic rings. The average Bonchev–Trinajstić information content (AvgIpc) is 3.14. The highest BCUT2D eigenvalue weighted by Crippen LogP contribution is 2.44. The Morgan fingerprint density at radius 2 is 2.21 bits per heavy atom. The van der Waals surface area contributed by atoms with Crippen molar-refractivity contribution in [3.8, 4) is 11.3 Å². The number of methoxy groups -OCH3 is 1. The maximum absolute atomic E-state index is 14.1. The van der Waals surface area contributed by atoms with Crippen molar-refractivity contribution in [2.24, 2.45) is 0 Å². The molecule has 0 radical (unpaired) electrons. The number of nitrogens with zero attached hydrogens (tertiary/aromatic N) is 1. The fourth-order valence-electron chi connectivity index (χ4n) is 2.40. The van der Waals surface area contributed by atoms with E-state index in [9.17, 15) is 4.39 Å². The predicted molar refractivity (Wildman–Crippen MR) is 69.3 cm³/mol. The molecule has 0 spiro atoms. The van der Waals surface area contributed by atoms with E-state index in [1.54, 1.807) is 13.2 Å². The van der Waals surface area contributed by atoms with Crippen LogP contribution in [-0.4, -0.2) is 12.3 Å². The summed E-state index contributed by atoms with van der Waals surface area (Å²) >= 11 is 0. The molecule has 0 N–H and O–H groups in total. The van der Waals surface area contributed by atoms with Crippen molar-refractivity contribution in [2.45, 2.75) is 32.3 Å². The van der Waals surface area contributed by atoms with Crippen LogP contribution >= 0.6 is 0 Å². The summed E-state index contributed by atoms with van der Waals surface area (Å²) in [6.07, 6.45) is 2.23. The van der Waals surface area contributed by atoms with Crippen molar-refractivity contribution < 1.29 is 13.7 Å².